The summed E-state index contributed by atoms with van der Waals surface area (Å²) in [5.41, 5.74) is 3.72. The minimum absolute atomic E-state index is 0.0673. The number of nitrogens with zero attached hydrogens (tertiary/aromatic N) is 2. The third kappa shape index (κ3) is 5.13. The molecule has 0 N–H and O–H groups in total. The van der Waals surface area contributed by atoms with Crippen LogP contribution in [0.25, 0.3) is 0 Å². The van der Waals surface area contributed by atoms with Gasteiger partial charge < -0.3 is 0 Å². The molecule has 2 aromatic carbocycles. The van der Waals surface area contributed by atoms with Gasteiger partial charge in [-0.2, -0.15) is 0 Å². The second-order valence-electron chi connectivity index (χ2n) is 6.24. The fourth-order valence-electron chi connectivity index (χ4n) is 2.90. The second kappa shape index (κ2) is 10.4. The predicted octanol–water partition coefficient (Wildman–Crippen LogP) is 3.07. The van der Waals surface area contributed by atoms with Gasteiger partial charge in [-0.05, 0) is 0 Å². The first-order valence-corrected chi connectivity index (χ1v) is 10.2. The van der Waals surface area contributed by atoms with Crippen LogP contribution in [0.3, 0.4) is 0 Å². The van der Waals surface area contributed by atoms with Crippen LogP contribution >= 0.6 is 0 Å². The molecule has 0 fully saturated rings. The molecule has 0 saturated carbocycles. The van der Waals surface area contributed by atoms with Crippen molar-refractivity contribution < 1.29 is 18.9 Å². The van der Waals surface area contributed by atoms with E-state index in [2.05, 4.69) is 27.8 Å². The monoisotopic (exact) mass is 454 g/mol. The summed E-state index contributed by atoms with van der Waals surface area (Å²) in [6.07, 6.45) is 7.38. The molecular weight excluding hydrogens is 431 g/mol. The van der Waals surface area contributed by atoms with Gasteiger partial charge in [-0.15, -0.1) is 0 Å². The molecule has 3 rings (SSSR count). The molecule has 0 bridgehead atoms. The molecule has 2 aromatic rings. The average Bonchev–Trinajstić information content (AvgIpc) is 2.75. The molecule has 150 valence electrons. The van der Waals surface area contributed by atoms with Gasteiger partial charge in [0.05, 0.1) is 0 Å². The molecule has 1 aliphatic heterocycles. The van der Waals surface area contributed by atoms with Crippen LogP contribution in [0, 0.1) is 12.3 Å². The first-order valence-electron chi connectivity index (χ1n) is 9.16. The third-order valence-electron chi connectivity index (χ3n) is 4.34. The van der Waals surface area contributed by atoms with Crippen LogP contribution < -0.4 is 14.4 Å². The standard InChI is InChI=1S/C22H23AsN2O4/c1-4-16-6-5-7-17(12-16)25-15-24-22(23)18-13-20(28-10-8-26-2)21(14-19(18)25)29-11-9-27-3/h1,5-7,12-15,22H,8-11H2,2-3H3. The van der Waals surface area contributed by atoms with E-state index in [9.17, 15) is 0 Å². The number of methoxy groups -OCH3 is 2. The average molecular weight is 454 g/mol. The van der Waals surface area contributed by atoms with Gasteiger partial charge in [-0.3, -0.25) is 0 Å². The molecule has 7 heteroatoms. The quantitative estimate of drug-likeness (QED) is 0.331. The van der Waals surface area contributed by atoms with E-state index in [-0.39, 0.29) is 4.83 Å². The second-order valence-corrected chi connectivity index (χ2v) is 7.27. The van der Waals surface area contributed by atoms with E-state index in [1.807, 2.05) is 47.6 Å². The number of benzene rings is 2. The van der Waals surface area contributed by atoms with Gasteiger partial charge in [0.25, 0.3) is 0 Å². The molecule has 0 amide bonds. The van der Waals surface area contributed by atoms with Crippen molar-refractivity contribution in [2.45, 2.75) is 4.83 Å². The van der Waals surface area contributed by atoms with Crippen LogP contribution in [-0.4, -0.2) is 63.8 Å². The van der Waals surface area contributed by atoms with Crippen molar-refractivity contribution >= 4 is 34.6 Å². The van der Waals surface area contributed by atoms with Gasteiger partial charge in [0, 0.05) is 0 Å². The fourth-order valence-corrected chi connectivity index (χ4v) is 3.46. The maximum absolute atomic E-state index is 5.94. The molecule has 6 nitrogen and oxygen atoms in total. The molecule has 2 radical (unpaired) electrons. The Morgan fingerprint density at radius 2 is 1.72 bits per heavy atom. The van der Waals surface area contributed by atoms with Crippen molar-refractivity contribution in [1.82, 2.24) is 0 Å². The summed E-state index contributed by atoms with van der Waals surface area (Å²) in [6, 6.07) is 11.7. The Morgan fingerprint density at radius 1 is 1.03 bits per heavy atom. The van der Waals surface area contributed by atoms with Crippen molar-refractivity contribution in [2.75, 3.05) is 45.5 Å². The van der Waals surface area contributed by atoms with Gasteiger partial charge >= 0.3 is 180 Å². The maximum atomic E-state index is 5.94. The minimum atomic E-state index is -0.0673. The number of hydrogen-bond acceptors (Lipinski definition) is 6. The molecule has 0 aliphatic carbocycles. The summed E-state index contributed by atoms with van der Waals surface area (Å²) in [5, 5.41) is 0. The Balaban J connectivity index is 2.01. The topological polar surface area (TPSA) is 52.5 Å². The van der Waals surface area contributed by atoms with Crippen molar-refractivity contribution in [1.29, 1.82) is 0 Å². The fraction of sp³-hybridized carbons (Fsp3) is 0.318. The van der Waals surface area contributed by atoms with E-state index in [0.29, 0.717) is 37.9 Å². The Labute approximate surface area is 180 Å². The Bertz CT molecular complexity index is 910. The van der Waals surface area contributed by atoms with Gasteiger partial charge in [0.2, 0.25) is 0 Å². The van der Waals surface area contributed by atoms with Crippen LogP contribution in [0.2, 0.25) is 0 Å². The zero-order valence-corrected chi connectivity index (χ0v) is 18.4. The summed E-state index contributed by atoms with van der Waals surface area (Å²) >= 11 is 2.57. The first kappa shape index (κ1) is 21.3. The number of rotatable bonds is 9. The van der Waals surface area contributed by atoms with Crippen LogP contribution in [0.15, 0.2) is 41.4 Å². The number of hydrogen-bond donors (Lipinski definition) is 0. The van der Waals surface area contributed by atoms with Crippen LogP contribution in [-0.2, 0) is 9.47 Å². The van der Waals surface area contributed by atoms with Gasteiger partial charge in [0.1, 0.15) is 0 Å². The molecule has 29 heavy (non-hydrogen) atoms. The summed E-state index contributed by atoms with van der Waals surface area (Å²) in [6.45, 7) is 1.82. The number of anilines is 2. The van der Waals surface area contributed by atoms with E-state index in [1.54, 1.807) is 14.2 Å². The van der Waals surface area contributed by atoms with E-state index < -0.39 is 0 Å². The van der Waals surface area contributed by atoms with E-state index >= 15 is 0 Å². The van der Waals surface area contributed by atoms with Crippen molar-refractivity contribution in [3.8, 4) is 23.8 Å². The summed E-state index contributed by atoms with van der Waals surface area (Å²) in [4.78, 5) is 6.54. The normalized spacial score (nSPS) is 15.0. The molecular formula is C22H23AsN2O4. The molecule has 0 saturated heterocycles. The molecule has 1 atom stereocenters. The number of aliphatic imine (C=N–C) groups is 1. The van der Waals surface area contributed by atoms with E-state index in [1.165, 1.54) is 0 Å². The Morgan fingerprint density at radius 3 is 2.38 bits per heavy atom. The van der Waals surface area contributed by atoms with Crippen LogP contribution in [0.1, 0.15) is 16.0 Å². The number of ether oxygens (including phenoxy) is 4. The van der Waals surface area contributed by atoms with Crippen LogP contribution in [0.4, 0.5) is 11.4 Å². The summed E-state index contributed by atoms with van der Waals surface area (Å²) in [5.74, 6) is 3.98. The molecule has 0 spiro atoms. The molecule has 1 aliphatic rings. The Hall–Kier alpha value is -2.45. The zero-order valence-electron chi connectivity index (χ0n) is 16.5. The SMILES string of the molecule is C#Cc1cccc(N2C=NC([As])c3cc(OCCOC)c(OCCOC)cc32)c1. The summed E-state index contributed by atoms with van der Waals surface area (Å²) < 4.78 is 22.0. The van der Waals surface area contributed by atoms with Crippen LogP contribution in [0.5, 0.6) is 11.5 Å². The predicted molar refractivity (Wildman–Crippen MR) is 115 cm³/mol. The molecule has 1 unspecified atom stereocenters. The van der Waals surface area contributed by atoms with Gasteiger partial charge in [-0.25, -0.2) is 0 Å². The van der Waals surface area contributed by atoms with Gasteiger partial charge in [-0.1, -0.05) is 0 Å². The first-order chi connectivity index (χ1) is 14.2. The van der Waals surface area contributed by atoms with Crippen molar-refractivity contribution in [2.24, 2.45) is 4.99 Å². The zero-order chi connectivity index (χ0) is 20.6. The summed E-state index contributed by atoms with van der Waals surface area (Å²) in [7, 11) is 3.28. The van der Waals surface area contributed by atoms with Crippen molar-refractivity contribution in [3.05, 3.63) is 47.5 Å². The number of terminal acetylenes is 1. The number of fused-ring (bicyclic) bond motifs is 1. The van der Waals surface area contributed by atoms with E-state index in [4.69, 9.17) is 25.4 Å². The van der Waals surface area contributed by atoms with Gasteiger partial charge in [0.15, 0.2) is 0 Å². The molecule has 1 heterocycles. The Kier molecular flexibility index (Phi) is 7.60. The third-order valence-corrected chi connectivity index (χ3v) is 5.20. The van der Waals surface area contributed by atoms with Crippen molar-refractivity contribution in [3.63, 3.8) is 0 Å². The van der Waals surface area contributed by atoms with E-state index in [0.717, 1.165) is 22.5 Å². The molecule has 0 aromatic heterocycles.